The van der Waals surface area contributed by atoms with Gasteiger partial charge in [0.15, 0.2) is 11.5 Å². The SMILES string of the molecule is COc1ccc(CC(O)c2cc(Cl)ccc2F)cc1OC. The largest absolute Gasteiger partial charge is 0.493 e. The van der Waals surface area contributed by atoms with Crippen LogP contribution >= 0.6 is 11.6 Å². The van der Waals surface area contributed by atoms with Gasteiger partial charge < -0.3 is 14.6 Å². The van der Waals surface area contributed by atoms with Crippen molar-refractivity contribution in [1.29, 1.82) is 0 Å². The van der Waals surface area contributed by atoms with Crippen molar-refractivity contribution in [3.05, 3.63) is 58.4 Å². The van der Waals surface area contributed by atoms with Crippen molar-refractivity contribution in [2.24, 2.45) is 0 Å². The van der Waals surface area contributed by atoms with Crippen LogP contribution in [0.4, 0.5) is 4.39 Å². The summed E-state index contributed by atoms with van der Waals surface area (Å²) in [6.45, 7) is 0. The molecule has 2 aromatic rings. The van der Waals surface area contributed by atoms with E-state index in [-0.39, 0.29) is 12.0 Å². The molecule has 0 fully saturated rings. The molecule has 0 radical (unpaired) electrons. The quantitative estimate of drug-likeness (QED) is 0.913. The molecule has 0 aliphatic rings. The smallest absolute Gasteiger partial charge is 0.160 e. The average Bonchev–Trinajstić information content (AvgIpc) is 2.49. The fraction of sp³-hybridized carbons (Fsp3) is 0.250. The van der Waals surface area contributed by atoms with Crippen LogP contribution in [0.5, 0.6) is 11.5 Å². The molecule has 3 nitrogen and oxygen atoms in total. The Hall–Kier alpha value is -1.78. The predicted molar refractivity (Wildman–Crippen MR) is 79.6 cm³/mol. The summed E-state index contributed by atoms with van der Waals surface area (Å²) in [5, 5.41) is 10.6. The highest BCUT2D eigenvalue weighted by Crippen LogP contribution is 2.30. The van der Waals surface area contributed by atoms with Crippen molar-refractivity contribution >= 4 is 11.6 Å². The molecule has 0 aliphatic heterocycles. The van der Waals surface area contributed by atoms with E-state index in [1.165, 1.54) is 25.3 Å². The number of hydrogen-bond acceptors (Lipinski definition) is 3. The molecule has 2 rings (SSSR count). The molecule has 0 aromatic heterocycles. The number of ether oxygens (including phenoxy) is 2. The zero-order valence-corrected chi connectivity index (χ0v) is 12.5. The van der Waals surface area contributed by atoms with Gasteiger partial charge in [-0.1, -0.05) is 17.7 Å². The molecular formula is C16H16ClFO3. The lowest BCUT2D eigenvalue weighted by Gasteiger charge is -2.14. The summed E-state index contributed by atoms with van der Waals surface area (Å²) in [6, 6.07) is 9.42. The Bertz CT molecular complexity index is 631. The van der Waals surface area contributed by atoms with Crippen molar-refractivity contribution in [2.45, 2.75) is 12.5 Å². The number of halogens is 2. The minimum Gasteiger partial charge on any atom is -0.493 e. The standard InChI is InChI=1S/C16H16ClFO3/c1-20-15-6-3-10(8-16(15)21-2)7-14(19)12-9-11(17)4-5-13(12)18/h3-6,8-9,14,19H,7H2,1-2H3. The average molecular weight is 311 g/mol. The second-order valence-electron chi connectivity index (χ2n) is 4.58. The first kappa shape index (κ1) is 15.6. The number of aliphatic hydroxyl groups excluding tert-OH is 1. The maximum absolute atomic E-state index is 13.7. The Kier molecular flexibility index (Phi) is 5.04. The topological polar surface area (TPSA) is 38.7 Å². The molecular weight excluding hydrogens is 295 g/mol. The van der Waals surface area contributed by atoms with Gasteiger partial charge in [0.05, 0.1) is 20.3 Å². The second-order valence-corrected chi connectivity index (χ2v) is 5.01. The van der Waals surface area contributed by atoms with E-state index in [4.69, 9.17) is 21.1 Å². The van der Waals surface area contributed by atoms with Crippen LogP contribution in [0.2, 0.25) is 5.02 Å². The Labute approximate surface area is 127 Å². The molecule has 1 atom stereocenters. The molecule has 21 heavy (non-hydrogen) atoms. The van der Waals surface area contributed by atoms with E-state index in [9.17, 15) is 9.50 Å². The third-order valence-electron chi connectivity index (χ3n) is 3.19. The zero-order valence-electron chi connectivity index (χ0n) is 11.8. The van der Waals surface area contributed by atoms with Crippen molar-refractivity contribution in [3.63, 3.8) is 0 Å². The zero-order chi connectivity index (χ0) is 15.4. The van der Waals surface area contributed by atoms with E-state index in [0.717, 1.165) is 5.56 Å². The summed E-state index contributed by atoms with van der Waals surface area (Å²) in [5.74, 6) is 0.686. The molecule has 0 bridgehead atoms. The second kappa shape index (κ2) is 6.78. The van der Waals surface area contributed by atoms with Crippen LogP contribution in [0.1, 0.15) is 17.2 Å². The number of rotatable bonds is 5. The predicted octanol–water partition coefficient (Wildman–Crippen LogP) is 3.77. The Morgan fingerprint density at radius 3 is 2.48 bits per heavy atom. The molecule has 0 saturated carbocycles. The van der Waals surface area contributed by atoms with Gasteiger partial charge in [-0.15, -0.1) is 0 Å². The van der Waals surface area contributed by atoms with E-state index in [1.807, 2.05) is 0 Å². The third-order valence-corrected chi connectivity index (χ3v) is 3.43. The number of hydrogen-bond donors (Lipinski definition) is 1. The maximum atomic E-state index is 13.7. The Morgan fingerprint density at radius 1 is 1.10 bits per heavy atom. The van der Waals surface area contributed by atoms with Crippen molar-refractivity contribution in [1.82, 2.24) is 0 Å². The first-order chi connectivity index (χ1) is 10.0. The number of aliphatic hydroxyl groups is 1. The summed E-state index contributed by atoms with van der Waals surface area (Å²) < 4.78 is 24.1. The third kappa shape index (κ3) is 3.65. The molecule has 1 N–H and O–H groups in total. The molecule has 112 valence electrons. The maximum Gasteiger partial charge on any atom is 0.160 e. The van der Waals surface area contributed by atoms with E-state index in [0.29, 0.717) is 16.5 Å². The molecule has 1 unspecified atom stereocenters. The van der Waals surface area contributed by atoms with Crippen molar-refractivity contribution in [3.8, 4) is 11.5 Å². The monoisotopic (exact) mass is 310 g/mol. The fourth-order valence-electron chi connectivity index (χ4n) is 2.11. The molecule has 2 aromatic carbocycles. The lowest BCUT2D eigenvalue weighted by molar-refractivity contribution is 0.173. The van der Waals surface area contributed by atoms with Gasteiger partial charge in [-0.2, -0.15) is 0 Å². The first-order valence-electron chi connectivity index (χ1n) is 6.39. The fourth-order valence-corrected chi connectivity index (χ4v) is 2.29. The normalized spacial score (nSPS) is 12.0. The lowest BCUT2D eigenvalue weighted by atomic mass is 10.0. The highest BCUT2D eigenvalue weighted by Gasteiger charge is 2.15. The summed E-state index contributed by atoms with van der Waals surface area (Å²) in [4.78, 5) is 0. The van der Waals surface area contributed by atoms with Crippen LogP contribution in [0.15, 0.2) is 36.4 Å². The molecule has 0 heterocycles. The highest BCUT2D eigenvalue weighted by atomic mass is 35.5. The lowest BCUT2D eigenvalue weighted by Crippen LogP contribution is -2.05. The molecule has 0 saturated heterocycles. The van der Waals surface area contributed by atoms with E-state index >= 15 is 0 Å². The number of methoxy groups -OCH3 is 2. The molecule has 0 amide bonds. The van der Waals surface area contributed by atoms with Gasteiger partial charge in [0.2, 0.25) is 0 Å². The van der Waals surface area contributed by atoms with Gasteiger partial charge in [-0.25, -0.2) is 4.39 Å². The Balaban J connectivity index is 2.23. The summed E-state index contributed by atoms with van der Waals surface area (Å²) >= 11 is 5.84. The van der Waals surface area contributed by atoms with Crippen LogP contribution in [0.3, 0.4) is 0 Å². The Morgan fingerprint density at radius 2 is 1.81 bits per heavy atom. The van der Waals surface area contributed by atoms with Crippen LogP contribution in [0.25, 0.3) is 0 Å². The van der Waals surface area contributed by atoms with Crippen molar-refractivity contribution in [2.75, 3.05) is 14.2 Å². The van der Waals surface area contributed by atoms with Gasteiger partial charge >= 0.3 is 0 Å². The summed E-state index contributed by atoms with van der Waals surface area (Å²) in [6.07, 6.45) is -0.737. The minimum atomic E-state index is -0.984. The van der Waals surface area contributed by atoms with Gasteiger partial charge in [-0.3, -0.25) is 0 Å². The van der Waals surface area contributed by atoms with Crippen LogP contribution in [-0.2, 0) is 6.42 Å². The van der Waals surface area contributed by atoms with E-state index in [1.54, 1.807) is 25.3 Å². The van der Waals surface area contributed by atoms with Gasteiger partial charge in [0.25, 0.3) is 0 Å². The molecule has 0 spiro atoms. The summed E-state index contributed by atoms with van der Waals surface area (Å²) in [5.41, 5.74) is 0.983. The van der Waals surface area contributed by atoms with Crippen molar-refractivity contribution < 1.29 is 19.0 Å². The molecule has 0 aliphatic carbocycles. The molecule has 5 heteroatoms. The summed E-state index contributed by atoms with van der Waals surface area (Å²) in [7, 11) is 3.09. The van der Waals surface area contributed by atoms with E-state index in [2.05, 4.69) is 0 Å². The van der Waals surface area contributed by atoms with Gasteiger partial charge in [0.1, 0.15) is 5.82 Å². The van der Waals surface area contributed by atoms with Crippen LogP contribution in [0, 0.1) is 5.82 Å². The van der Waals surface area contributed by atoms with Crippen LogP contribution < -0.4 is 9.47 Å². The highest BCUT2D eigenvalue weighted by molar-refractivity contribution is 6.30. The van der Waals surface area contributed by atoms with Gasteiger partial charge in [-0.05, 0) is 35.9 Å². The minimum absolute atomic E-state index is 0.178. The van der Waals surface area contributed by atoms with Gasteiger partial charge in [0, 0.05) is 17.0 Å². The van der Waals surface area contributed by atoms with E-state index < -0.39 is 11.9 Å². The first-order valence-corrected chi connectivity index (χ1v) is 6.77. The number of benzene rings is 2. The van der Waals surface area contributed by atoms with Crippen LogP contribution in [-0.4, -0.2) is 19.3 Å².